The van der Waals surface area contributed by atoms with Gasteiger partial charge in [0.2, 0.25) is 5.91 Å². The Hall–Kier alpha value is -2.82. The van der Waals surface area contributed by atoms with Crippen LogP contribution >= 0.6 is 0 Å². The van der Waals surface area contributed by atoms with E-state index in [-0.39, 0.29) is 24.5 Å². The van der Waals surface area contributed by atoms with Crippen LogP contribution in [0.5, 0.6) is 5.75 Å². The maximum atomic E-state index is 12.5. The van der Waals surface area contributed by atoms with Crippen molar-refractivity contribution in [3.05, 3.63) is 59.7 Å². The van der Waals surface area contributed by atoms with Crippen molar-refractivity contribution < 1.29 is 14.3 Å². The smallest absolute Gasteiger partial charge is 0.223 e. The van der Waals surface area contributed by atoms with E-state index in [1.54, 1.807) is 12.0 Å². The summed E-state index contributed by atoms with van der Waals surface area (Å²) in [5.41, 5.74) is 8.50. The van der Waals surface area contributed by atoms with Gasteiger partial charge in [0.05, 0.1) is 7.11 Å². The van der Waals surface area contributed by atoms with E-state index in [1.165, 1.54) is 0 Å². The van der Waals surface area contributed by atoms with Crippen LogP contribution in [-0.4, -0.2) is 30.2 Å². The zero-order chi connectivity index (χ0) is 19.6. The van der Waals surface area contributed by atoms with Gasteiger partial charge in [0.15, 0.2) is 0 Å². The second-order valence-corrected chi connectivity index (χ2v) is 6.54. The fraction of sp³-hybridized carbons (Fsp3) is 0.364. The first-order chi connectivity index (χ1) is 13.0. The molecule has 0 radical (unpaired) electrons. The lowest BCUT2D eigenvalue weighted by Crippen LogP contribution is -2.30. The summed E-state index contributed by atoms with van der Waals surface area (Å²) in [4.78, 5) is 26.3. The van der Waals surface area contributed by atoms with E-state index in [4.69, 9.17) is 10.5 Å². The summed E-state index contributed by atoms with van der Waals surface area (Å²) in [5.74, 6) is 0.912. The molecule has 0 bridgehead atoms. The molecular weight excluding hydrogens is 340 g/mol. The number of ketones is 1. The van der Waals surface area contributed by atoms with Gasteiger partial charge in [-0.1, -0.05) is 24.3 Å². The van der Waals surface area contributed by atoms with Crippen molar-refractivity contribution in [2.24, 2.45) is 0 Å². The molecule has 0 atom stereocenters. The number of Topliss-reactive ketones (excluding diaryl/α,β-unsaturated/α-hetero) is 1. The third kappa shape index (κ3) is 6.77. The third-order valence-electron chi connectivity index (χ3n) is 4.56. The molecule has 0 saturated carbocycles. The monoisotopic (exact) mass is 368 g/mol. The molecule has 0 aliphatic carbocycles. The van der Waals surface area contributed by atoms with E-state index < -0.39 is 0 Å². The summed E-state index contributed by atoms with van der Waals surface area (Å²) in [6.07, 6.45) is 1.66. The second-order valence-electron chi connectivity index (χ2n) is 6.54. The highest BCUT2D eigenvalue weighted by Crippen LogP contribution is 2.14. The lowest BCUT2D eigenvalue weighted by molar-refractivity contribution is -0.133. The van der Waals surface area contributed by atoms with Crippen molar-refractivity contribution in [3.8, 4) is 5.75 Å². The predicted octanol–water partition coefficient (Wildman–Crippen LogP) is 3.61. The first kappa shape index (κ1) is 20.5. The maximum Gasteiger partial charge on any atom is 0.223 e. The van der Waals surface area contributed by atoms with E-state index >= 15 is 0 Å². The maximum absolute atomic E-state index is 12.5. The number of hydrogen-bond donors (Lipinski definition) is 1. The molecule has 0 heterocycles. The van der Waals surface area contributed by atoms with E-state index in [0.29, 0.717) is 31.6 Å². The van der Waals surface area contributed by atoms with Crippen molar-refractivity contribution in [2.45, 2.75) is 39.2 Å². The molecule has 0 aromatic heterocycles. The number of anilines is 1. The highest BCUT2D eigenvalue weighted by Gasteiger charge is 2.14. The quantitative estimate of drug-likeness (QED) is 0.650. The molecule has 0 unspecified atom stereocenters. The Morgan fingerprint density at radius 2 is 1.56 bits per heavy atom. The molecule has 0 fully saturated rings. The van der Waals surface area contributed by atoms with E-state index in [0.717, 1.165) is 16.9 Å². The SMILES string of the molecule is CCN(Cc1ccc(OC)cc1)C(=O)CCC(=O)CCc1ccc(N)cc1. The number of amides is 1. The van der Waals surface area contributed by atoms with Gasteiger partial charge >= 0.3 is 0 Å². The van der Waals surface area contributed by atoms with Crippen LogP contribution in [0.15, 0.2) is 48.5 Å². The largest absolute Gasteiger partial charge is 0.497 e. The average Bonchev–Trinajstić information content (AvgIpc) is 2.70. The molecule has 2 aromatic rings. The van der Waals surface area contributed by atoms with Gasteiger partial charge in [-0.2, -0.15) is 0 Å². The minimum absolute atomic E-state index is 0.00847. The van der Waals surface area contributed by atoms with Gasteiger partial charge in [0, 0.05) is 38.0 Å². The molecule has 2 N–H and O–H groups in total. The Labute approximate surface area is 161 Å². The molecule has 1 amide bonds. The Morgan fingerprint density at radius 3 is 2.15 bits per heavy atom. The number of hydrogen-bond acceptors (Lipinski definition) is 4. The molecule has 0 aliphatic heterocycles. The molecule has 0 saturated heterocycles. The Bertz CT molecular complexity index is 739. The molecule has 5 heteroatoms. The minimum atomic E-state index is 0.00847. The number of ether oxygens (including phenoxy) is 1. The lowest BCUT2D eigenvalue weighted by atomic mass is 10.0. The van der Waals surface area contributed by atoms with Crippen LogP contribution in [0.3, 0.4) is 0 Å². The lowest BCUT2D eigenvalue weighted by Gasteiger charge is -2.21. The number of rotatable bonds is 10. The summed E-state index contributed by atoms with van der Waals surface area (Å²) < 4.78 is 5.15. The molecule has 0 aliphatic rings. The van der Waals surface area contributed by atoms with E-state index in [1.807, 2.05) is 55.5 Å². The van der Waals surface area contributed by atoms with Crippen LogP contribution in [0.25, 0.3) is 0 Å². The first-order valence-electron chi connectivity index (χ1n) is 9.28. The van der Waals surface area contributed by atoms with E-state index in [2.05, 4.69) is 0 Å². The van der Waals surface area contributed by atoms with Crippen LogP contribution in [-0.2, 0) is 22.6 Å². The molecule has 2 aromatic carbocycles. The van der Waals surface area contributed by atoms with Crippen molar-refractivity contribution >= 4 is 17.4 Å². The van der Waals surface area contributed by atoms with Crippen LogP contribution in [0, 0.1) is 0 Å². The van der Waals surface area contributed by atoms with Crippen molar-refractivity contribution in [1.29, 1.82) is 0 Å². The van der Waals surface area contributed by atoms with Crippen molar-refractivity contribution in [3.63, 3.8) is 0 Å². The van der Waals surface area contributed by atoms with Crippen molar-refractivity contribution in [2.75, 3.05) is 19.4 Å². The molecule has 0 spiro atoms. The predicted molar refractivity (Wildman–Crippen MR) is 108 cm³/mol. The normalized spacial score (nSPS) is 10.4. The van der Waals surface area contributed by atoms with Gasteiger partial charge in [-0.25, -0.2) is 0 Å². The number of nitrogen functional groups attached to an aromatic ring is 1. The fourth-order valence-corrected chi connectivity index (χ4v) is 2.83. The standard InChI is InChI=1S/C22H28N2O3/c1-3-24(16-18-7-13-21(27-2)14-8-18)22(26)15-12-20(25)11-6-17-4-9-19(23)10-5-17/h4-5,7-10,13-14H,3,6,11-12,15-16,23H2,1-2H3. The Balaban J connectivity index is 1.77. The minimum Gasteiger partial charge on any atom is -0.497 e. The Morgan fingerprint density at radius 1 is 0.926 bits per heavy atom. The topological polar surface area (TPSA) is 72.6 Å². The number of carbonyl (C=O) groups excluding carboxylic acids is 2. The number of carbonyl (C=O) groups is 2. The number of benzene rings is 2. The zero-order valence-electron chi connectivity index (χ0n) is 16.1. The van der Waals surface area contributed by atoms with Gasteiger partial charge in [-0.05, 0) is 48.7 Å². The third-order valence-corrected chi connectivity index (χ3v) is 4.56. The van der Waals surface area contributed by atoms with Gasteiger partial charge in [-0.15, -0.1) is 0 Å². The Kier molecular flexibility index (Phi) is 7.86. The molecule has 2 rings (SSSR count). The number of methoxy groups -OCH3 is 1. The van der Waals surface area contributed by atoms with Gasteiger partial charge in [0.25, 0.3) is 0 Å². The molecule has 27 heavy (non-hydrogen) atoms. The second kappa shape index (κ2) is 10.4. The summed E-state index contributed by atoms with van der Waals surface area (Å²) in [6, 6.07) is 15.2. The summed E-state index contributed by atoms with van der Waals surface area (Å²) in [6.45, 7) is 3.10. The van der Waals surface area contributed by atoms with Crippen LogP contribution in [0.2, 0.25) is 0 Å². The fourth-order valence-electron chi connectivity index (χ4n) is 2.83. The summed E-state index contributed by atoms with van der Waals surface area (Å²) in [7, 11) is 1.63. The van der Waals surface area contributed by atoms with Crippen molar-refractivity contribution in [1.82, 2.24) is 4.90 Å². The number of nitrogens with zero attached hydrogens (tertiary/aromatic N) is 1. The van der Waals surface area contributed by atoms with Crippen LogP contribution in [0.4, 0.5) is 5.69 Å². The molecular formula is C22H28N2O3. The number of aryl methyl sites for hydroxylation is 1. The van der Waals surface area contributed by atoms with Crippen LogP contribution < -0.4 is 10.5 Å². The summed E-state index contributed by atoms with van der Waals surface area (Å²) in [5, 5.41) is 0. The van der Waals surface area contributed by atoms with Gasteiger partial charge < -0.3 is 15.4 Å². The highest BCUT2D eigenvalue weighted by molar-refractivity contribution is 5.85. The molecule has 5 nitrogen and oxygen atoms in total. The average molecular weight is 368 g/mol. The first-order valence-corrected chi connectivity index (χ1v) is 9.28. The molecule has 144 valence electrons. The number of nitrogens with two attached hydrogens (primary N) is 1. The van der Waals surface area contributed by atoms with E-state index in [9.17, 15) is 9.59 Å². The summed E-state index contributed by atoms with van der Waals surface area (Å²) >= 11 is 0. The van der Waals surface area contributed by atoms with Crippen LogP contribution in [0.1, 0.15) is 37.3 Å². The van der Waals surface area contributed by atoms with Gasteiger partial charge in [-0.3, -0.25) is 9.59 Å². The van der Waals surface area contributed by atoms with Gasteiger partial charge in [0.1, 0.15) is 11.5 Å². The zero-order valence-corrected chi connectivity index (χ0v) is 16.1. The highest BCUT2D eigenvalue weighted by atomic mass is 16.5.